The topological polar surface area (TPSA) is 85.0 Å². The average molecular weight is 394 g/mol. The highest BCUT2D eigenvalue weighted by atomic mass is 16.2. The lowest BCUT2D eigenvalue weighted by molar-refractivity contribution is -0.134. The number of nitrogens with one attached hydrogen (secondary N) is 2. The normalized spacial score (nSPS) is 30.5. The number of piperazine rings is 1. The molecule has 0 unspecified atom stereocenters. The standard InChI is InChI=1S/C20H35N5O3/c1-4-16(3)21-17(26)13-23-9-11-24(12-10-23)14-25-18(27)20(22-19(25)28)7-5-15(2)6-8-20/h15-16H,4-14H2,1-3H3,(H,21,26)(H,22,28)/t15?,16-,20?/m0/s1. The van der Waals surface area contributed by atoms with Crippen LogP contribution in [0.15, 0.2) is 0 Å². The van der Waals surface area contributed by atoms with Gasteiger partial charge in [-0.3, -0.25) is 19.4 Å². The van der Waals surface area contributed by atoms with Gasteiger partial charge in [0.05, 0.1) is 13.2 Å². The molecule has 0 radical (unpaired) electrons. The van der Waals surface area contributed by atoms with Gasteiger partial charge >= 0.3 is 6.03 Å². The molecular formula is C20H35N5O3. The molecule has 2 saturated heterocycles. The molecule has 8 heteroatoms. The van der Waals surface area contributed by atoms with E-state index in [1.54, 1.807) is 0 Å². The summed E-state index contributed by atoms with van der Waals surface area (Å²) in [6, 6.07) is -0.0570. The fourth-order valence-corrected chi connectivity index (χ4v) is 4.31. The van der Waals surface area contributed by atoms with Crippen LogP contribution in [0.1, 0.15) is 52.9 Å². The van der Waals surface area contributed by atoms with Crippen molar-refractivity contribution in [3.05, 3.63) is 0 Å². The lowest BCUT2D eigenvalue weighted by Crippen LogP contribution is -2.54. The molecule has 2 N–H and O–H groups in total. The molecule has 158 valence electrons. The molecule has 2 heterocycles. The van der Waals surface area contributed by atoms with Gasteiger partial charge in [0, 0.05) is 32.2 Å². The predicted molar refractivity (Wildman–Crippen MR) is 107 cm³/mol. The summed E-state index contributed by atoms with van der Waals surface area (Å²) in [6.45, 7) is 10.0. The molecule has 4 amide bonds. The van der Waals surface area contributed by atoms with E-state index in [0.29, 0.717) is 19.1 Å². The van der Waals surface area contributed by atoms with Crippen molar-refractivity contribution >= 4 is 17.8 Å². The molecule has 2 aliphatic heterocycles. The Hall–Kier alpha value is -1.67. The van der Waals surface area contributed by atoms with Crippen LogP contribution in [0.3, 0.4) is 0 Å². The Bertz CT molecular complexity index is 595. The Balaban J connectivity index is 1.46. The van der Waals surface area contributed by atoms with Gasteiger partial charge in [-0.15, -0.1) is 0 Å². The monoisotopic (exact) mass is 393 g/mol. The summed E-state index contributed by atoms with van der Waals surface area (Å²) >= 11 is 0. The third-order valence-electron chi connectivity index (χ3n) is 6.57. The molecule has 3 aliphatic rings. The van der Waals surface area contributed by atoms with Gasteiger partial charge in [0.25, 0.3) is 5.91 Å². The second-order valence-corrected chi connectivity index (χ2v) is 8.84. The number of amides is 4. The van der Waals surface area contributed by atoms with E-state index in [-0.39, 0.29) is 23.9 Å². The Morgan fingerprint density at radius 2 is 1.79 bits per heavy atom. The zero-order valence-electron chi connectivity index (χ0n) is 17.5. The van der Waals surface area contributed by atoms with Gasteiger partial charge in [-0.05, 0) is 44.9 Å². The van der Waals surface area contributed by atoms with E-state index in [2.05, 4.69) is 34.3 Å². The maximum atomic E-state index is 13.0. The third kappa shape index (κ3) is 4.66. The van der Waals surface area contributed by atoms with E-state index >= 15 is 0 Å². The number of carbonyl (C=O) groups is 3. The van der Waals surface area contributed by atoms with Crippen molar-refractivity contribution in [3.8, 4) is 0 Å². The van der Waals surface area contributed by atoms with Gasteiger partial charge in [0.15, 0.2) is 0 Å². The lowest BCUT2D eigenvalue weighted by atomic mass is 9.77. The molecule has 28 heavy (non-hydrogen) atoms. The Morgan fingerprint density at radius 3 is 2.39 bits per heavy atom. The van der Waals surface area contributed by atoms with Gasteiger partial charge in [0.1, 0.15) is 5.54 Å². The maximum Gasteiger partial charge on any atom is 0.326 e. The summed E-state index contributed by atoms with van der Waals surface area (Å²) in [5, 5.41) is 5.98. The summed E-state index contributed by atoms with van der Waals surface area (Å²) in [7, 11) is 0. The molecule has 1 saturated carbocycles. The van der Waals surface area contributed by atoms with Crippen molar-refractivity contribution in [2.45, 2.75) is 64.5 Å². The molecule has 0 aromatic carbocycles. The third-order valence-corrected chi connectivity index (χ3v) is 6.57. The summed E-state index contributed by atoms with van der Waals surface area (Å²) in [5.74, 6) is 0.625. The van der Waals surface area contributed by atoms with E-state index in [1.165, 1.54) is 4.90 Å². The number of carbonyl (C=O) groups excluding carboxylic acids is 3. The molecule has 3 rings (SSSR count). The summed E-state index contributed by atoms with van der Waals surface area (Å²) in [4.78, 5) is 43.1. The van der Waals surface area contributed by atoms with E-state index in [9.17, 15) is 14.4 Å². The van der Waals surface area contributed by atoms with Crippen LogP contribution in [0.4, 0.5) is 4.79 Å². The first-order valence-corrected chi connectivity index (χ1v) is 10.7. The van der Waals surface area contributed by atoms with Gasteiger partial charge < -0.3 is 10.6 Å². The highest BCUT2D eigenvalue weighted by Gasteiger charge is 2.52. The molecule has 0 bridgehead atoms. The second kappa shape index (κ2) is 8.78. The van der Waals surface area contributed by atoms with Gasteiger partial charge in [0.2, 0.25) is 5.91 Å². The van der Waals surface area contributed by atoms with Gasteiger partial charge in [-0.2, -0.15) is 0 Å². The first-order chi connectivity index (χ1) is 13.3. The number of rotatable bonds is 6. The van der Waals surface area contributed by atoms with Crippen molar-refractivity contribution in [1.82, 2.24) is 25.3 Å². The van der Waals surface area contributed by atoms with Crippen molar-refractivity contribution < 1.29 is 14.4 Å². The van der Waals surface area contributed by atoms with Crippen LogP contribution in [0, 0.1) is 5.92 Å². The zero-order valence-corrected chi connectivity index (χ0v) is 17.5. The van der Waals surface area contributed by atoms with Crippen LogP contribution in [-0.4, -0.2) is 83.5 Å². The minimum Gasteiger partial charge on any atom is -0.353 e. The van der Waals surface area contributed by atoms with Crippen molar-refractivity contribution in [2.24, 2.45) is 5.92 Å². The Kier molecular flexibility index (Phi) is 6.60. The van der Waals surface area contributed by atoms with Crippen LogP contribution >= 0.6 is 0 Å². The molecular weight excluding hydrogens is 358 g/mol. The number of urea groups is 1. The molecule has 0 aromatic heterocycles. The average Bonchev–Trinajstić information content (AvgIpc) is 2.90. The quantitative estimate of drug-likeness (QED) is 0.657. The highest BCUT2D eigenvalue weighted by Crippen LogP contribution is 2.36. The van der Waals surface area contributed by atoms with Crippen LogP contribution in [-0.2, 0) is 9.59 Å². The zero-order chi connectivity index (χ0) is 20.3. The predicted octanol–water partition coefficient (Wildman–Crippen LogP) is 0.977. The van der Waals surface area contributed by atoms with Crippen molar-refractivity contribution in [1.29, 1.82) is 0 Å². The number of nitrogens with zero attached hydrogens (tertiary/aromatic N) is 3. The van der Waals surface area contributed by atoms with Crippen LogP contribution in [0.25, 0.3) is 0 Å². The number of hydrogen-bond donors (Lipinski definition) is 2. The second-order valence-electron chi connectivity index (χ2n) is 8.84. The first kappa shape index (κ1) is 21.0. The fraction of sp³-hybridized carbons (Fsp3) is 0.850. The van der Waals surface area contributed by atoms with Crippen LogP contribution in [0.5, 0.6) is 0 Å². The van der Waals surface area contributed by atoms with Gasteiger partial charge in [-0.1, -0.05) is 13.8 Å². The smallest absolute Gasteiger partial charge is 0.326 e. The number of imide groups is 1. The summed E-state index contributed by atoms with van der Waals surface area (Å²) < 4.78 is 0. The van der Waals surface area contributed by atoms with Crippen molar-refractivity contribution in [3.63, 3.8) is 0 Å². The Labute approximate surface area is 168 Å². The lowest BCUT2D eigenvalue weighted by Gasteiger charge is -2.36. The molecule has 3 fully saturated rings. The van der Waals surface area contributed by atoms with Crippen LogP contribution in [0.2, 0.25) is 0 Å². The first-order valence-electron chi connectivity index (χ1n) is 10.7. The summed E-state index contributed by atoms with van der Waals surface area (Å²) in [6.07, 6.45) is 4.38. The van der Waals surface area contributed by atoms with E-state index in [0.717, 1.165) is 58.3 Å². The molecule has 1 aliphatic carbocycles. The molecule has 0 aromatic rings. The SMILES string of the molecule is CC[C@H](C)NC(=O)CN1CCN(CN2C(=O)NC3(CCC(C)CC3)C2=O)CC1. The number of hydrogen-bond acceptors (Lipinski definition) is 5. The Morgan fingerprint density at radius 1 is 1.18 bits per heavy atom. The van der Waals surface area contributed by atoms with E-state index in [1.807, 2.05) is 6.92 Å². The van der Waals surface area contributed by atoms with E-state index in [4.69, 9.17) is 0 Å². The largest absolute Gasteiger partial charge is 0.353 e. The van der Waals surface area contributed by atoms with Crippen LogP contribution < -0.4 is 10.6 Å². The minimum atomic E-state index is -0.667. The minimum absolute atomic E-state index is 0.0558. The summed E-state index contributed by atoms with van der Waals surface area (Å²) in [5.41, 5.74) is -0.667. The van der Waals surface area contributed by atoms with E-state index < -0.39 is 5.54 Å². The fourth-order valence-electron chi connectivity index (χ4n) is 4.31. The molecule has 8 nitrogen and oxygen atoms in total. The highest BCUT2D eigenvalue weighted by molar-refractivity contribution is 6.07. The van der Waals surface area contributed by atoms with Crippen molar-refractivity contribution in [2.75, 3.05) is 39.4 Å². The molecule has 1 atom stereocenters. The maximum absolute atomic E-state index is 13.0. The van der Waals surface area contributed by atoms with Gasteiger partial charge in [-0.25, -0.2) is 9.69 Å². The molecule has 1 spiro atoms.